The number of anilines is 2. The Morgan fingerprint density at radius 1 is 1.42 bits per heavy atom. The van der Waals surface area contributed by atoms with Crippen LogP contribution < -0.4 is 9.62 Å². The number of cyclic esters (lactones) is 1. The number of aromatic carboxylic acids is 1. The number of carboxylic acids is 1. The van der Waals surface area contributed by atoms with E-state index < -0.39 is 22.1 Å². The highest BCUT2D eigenvalue weighted by Gasteiger charge is 2.25. The van der Waals surface area contributed by atoms with E-state index in [9.17, 15) is 18.0 Å². The minimum atomic E-state index is -3.97. The standard InChI is InChI=1S/C13H11N3O6S2/c17-11(18)10-7-23-12(14-10)15-24(20,21)9-3-1-2-8(6-9)16-4-5-22-13(16)19/h1-3,6-7H,4-5H2,(H,14,15)(H,17,18). The first-order chi connectivity index (χ1) is 11.4. The van der Waals surface area contributed by atoms with Crippen molar-refractivity contribution < 1.29 is 27.9 Å². The van der Waals surface area contributed by atoms with E-state index >= 15 is 0 Å². The van der Waals surface area contributed by atoms with Crippen LogP contribution in [0.4, 0.5) is 15.6 Å². The quantitative estimate of drug-likeness (QED) is 0.819. The molecule has 0 aliphatic carbocycles. The Labute approximate surface area is 140 Å². The predicted octanol–water partition coefficient (Wildman–Crippen LogP) is 1.60. The largest absolute Gasteiger partial charge is 0.476 e. The van der Waals surface area contributed by atoms with Crippen molar-refractivity contribution in [2.45, 2.75) is 4.90 Å². The number of nitrogens with zero attached hydrogens (tertiary/aromatic N) is 2. The molecule has 1 fully saturated rings. The molecule has 2 aromatic rings. The zero-order valence-corrected chi connectivity index (χ0v) is 13.6. The number of amides is 1. The zero-order chi connectivity index (χ0) is 17.3. The first-order valence-electron chi connectivity index (χ1n) is 6.63. The van der Waals surface area contributed by atoms with Gasteiger partial charge in [0, 0.05) is 11.1 Å². The fourth-order valence-corrected chi connectivity index (χ4v) is 4.02. The molecule has 1 saturated heterocycles. The normalized spacial score (nSPS) is 14.5. The van der Waals surface area contributed by atoms with E-state index in [1.807, 2.05) is 0 Å². The molecule has 0 radical (unpaired) electrons. The highest BCUT2D eigenvalue weighted by Crippen LogP contribution is 2.25. The Morgan fingerprint density at radius 3 is 2.83 bits per heavy atom. The molecule has 126 valence electrons. The van der Waals surface area contributed by atoms with Gasteiger partial charge in [-0.1, -0.05) is 6.07 Å². The minimum Gasteiger partial charge on any atom is -0.476 e. The molecule has 3 rings (SSSR count). The lowest BCUT2D eigenvalue weighted by molar-refractivity contribution is 0.0691. The number of rotatable bonds is 5. The number of carbonyl (C=O) groups is 2. The Hall–Kier alpha value is -2.66. The van der Waals surface area contributed by atoms with Crippen LogP contribution >= 0.6 is 11.3 Å². The lowest BCUT2D eigenvalue weighted by Crippen LogP contribution is -2.23. The van der Waals surface area contributed by atoms with Gasteiger partial charge in [-0.2, -0.15) is 0 Å². The number of nitrogens with one attached hydrogen (secondary N) is 1. The summed E-state index contributed by atoms with van der Waals surface area (Å²) in [6, 6.07) is 5.79. The van der Waals surface area contributed by atoms with Crippen LogP contribution in [0.1, 0.15) is 10.5 Å². The number of carboxylic acid groups (broad SMARTS) is 1. The summed E-state index contributed by atoms with van der Waals surface area (Å²) in [4.78, 5) is 27.3. The molecular formula is C13H11N3O6S2. The maximum Gasteiger partial charge on any atom is 0.414 e. The van der Waals surface area contributed by atoms with Gasteiger partial charge < -0.3 is 9.84 Å². The SMILES string of the molecule is O=C(O)c1csc(NS(=O)(=O)c2cccc(N3CCOC3=O)c2)n1. The first-order valence-corrected chi connectivity index (χ1v) is 8.99. The molecule has 9 nitrogen and oxygen atoms in total. The summed E-state index contributed by atoms with van der Waals surface area (Å²) < 4.78 is 31.9. The molecule has 1 aromatic heterocycles. The lowest BCUT2D eigenvalue weighted by atomic mass is 10.3. The highest BCUT2D eigenvalue weighted by molar-refractivity contribution is 7.93. The highest BCUT2D eigenvalue weighted by atomic mass is 32.2. The van der Waals surface area contributed by atoms with Crippen molar-refractivity contribution in [2.75, 3.05) is 22.8 Å². The molecule has 24 heavy (non-hydrogen) atoms. The summed E-state index contributed by atoms with van der Waals surface area (Å²) >= 11 is 0.863. The number of sulfonamides is 1. The Morgan fingerprint density at radius 2 is 2.21 bits per heavy atom. The third kappa shape index (κ3) is 3.16. The molecular weight excluding hydrogens is 358 g/mol. The summed E-state index contributed by atoms with van der Waals surface area (Å²) in [7, 11) is -3.97. The van der Waals surface area contributed by atoms with Gasteiger partial charge in [0.15, 0.2) is 10.8 Å². The molecule has 1 aromatic carbocycles. The van der Waals surface area contributed by atoms with Gasteiger partial charge in [-0.05, 0) is 18.2 Å². The molecule has 0 bridgehead atoms. The number of thiazole rings is 1. The predicted molar refractivity (Wildman–Crippen MR) is 85.0 cm³/mol. The summed E-state index contributed by atoms with van der Waals surface area (Å²) in [5.41, 5.74) is 0.150. The van der Waals surface area contributed by atoms with Crippen molar-refractivity contribution in [2.24, 2.45) is 0 Å². The van der Waals surface area contributed by atoms with Crippen LogP contribution in [0.25, 0.3) is 0 Å². The topological polar surface area (TPSA) is 126 Å². The van der Waals surface area contributed by atoms with Gasteiger partial charge in [-0.25, -0.2) is 23.0 Å². The fraction of sp³-hybridized carbons (Fsp3) is 0.154. The van der Waals surface area contributed by atoms with E-state index in [1.165, 1.54) is 28.5 Å². The first kappa shape index (κ1) is 16.2. The van der Waals surface area contributed by atoms with Gasteiger partial charge in [-0.3, -0.25) is 9.62 Å². The fourth-order valence-electron chi connectivity index (χ4n) is 2.04. The van der Waals surface area contributed by atoms with Gasteiger partial charge in [0.25, 0.3) is 10.0 Å². The van der Waals surface area contributed by atoms with Crippen LogP contribution in [-0.4, -0.2) is 43.7 Å². The second-order valence-electron chi connectivity index (χ2n) is 4.71. The Bertz CT molecular complexity index is 908. The molecule has 1 amide bonds. The monoisotopic (exact) mass is 369 g/mol. The molecule has 0 spiro atoms. The molecule has 1 aliphatic rings. The van der Waals surface area contributed by atoms with Crippen molar-refractivity contribution in [3.8, 4) is 0 Å². The molecule has 0 unspecified atom stereocenters. The van der Waals surface area contributed by atoms with Gasteiger partial charge in [0.2, 0.25) is 0 Å². The van der Waals surface area contributed by atoms with Crippen molar-refractivity contribution in [3.05, 3.63) is 35.3 Å². The van der Waals surface area contributed by atoms with Crippen molar-refractivity contribution in [1.82, 2.24) is 4.98 Å². The maximum atomic E-state index is 12.4. The van der Waals surface area contributed by atoms with Crippen LogP contribution in [0.5, 0.6) is 0 Å². The summed E-state index contributed by atoms with van der Waals surface area (Å²) in [5.74, 6) is -1.24. The van der Waals surface area contributed by atoms with Crippen molar-refractivity contribution >= 4 is 44.2 Å². The third-order valence-electron chi connectivity index (χ3n) is 3.15. The number of aromatic nitrogens is 1. The molecule has 11 heteroatoms. The molecule has 1 aliphatic heterocycles. The van der Waals surface area contributed by atoms with Gasteiger partial charge >= 0.3 is 12.1 Å². The molecule has 0 saturated carbocycles. The van der Waals surface area contributed by atoms with E-state index in [1.54, 1.807) is 6.07 Å². The third-order valence-corrected chi connectivity index (χ3v) is 5.37. The van der Waals surface area contributed by atoms with Crippen LogP contribution in [0.15, 0.2) is 34.5 Å². The van der Waals surface area contributed by atoms with E-state index in [-0.39, 0.29) is 22.3 Å². The van der Waals surface area contributed by atoms with E-state index in [0.717, 1.165) is 11.3 Å². The van der Waals surface area contributed by atoms with Gasteiger partial charge in [0.05, 0.1) is 11.4 Å². The molecule has 2 heterocycles. The zero-order valence-electron chi connectivity index (χ0n) is 12.0. The van der Waals surface area contributed by atoms with Crippen molar-refractivity contribution in [1.29, 1.82) is 0 Å². The Balaban J connectivity index is 1.86. The van der Waals surface area contributed by atoms with Crippen LogP contribution in [0, 0.1) is 0 Å². The molecule has 2 N–H and O–H groups in total. The van der Waals surface area contributed by atoms with Crippen LogP contribution in [0.3, 0.4) is 0 Å². The number of carbonyl (C=O) groups excluding carboxylic acids is 1. The van der Waals surface area contributed by atoms with E-state index in [0.29, 0.717) is 12.2 Å². The van der Waals surface area contributed by atoms with E-state index in [4.69, 9.17) is 9.84 Å². The number of hydrogen-bond donors (Lipinski definition) is 2. The average Bonchev–Trinajstić information content (AvgIpc) is 3.16. The minimum absolute atomic E-state index is 0.0571. The maximum absolute atomic E-state index is 12.4. The second-order valence-corrected chi connectivity index (χ2v) is 7.25. The molecule has 0 atom stereocenters. The smallest absolute Gasteiger partial charge is 0.414 e. The summed E-state index contributed by atoms with van der Waals surface area (Å²) in [6.07, 6.45) is -0.538. The van der Waals surface area contributed by atoms with Crippen LogP contribution in [0.2, 0.25) is 0 Å². The number of benzene rings is 1. The Kier molecular flexibility index (Phi) is 4.11. The van der Waals surface area contributed by atoms with Gasteiger partial charge in [0.1, 0.15) is 6.61 Å². The van der Waals surface area contributed by atoms with E-state index in [2.05, 4.69) is 9.71 Å². The van der Waals surface area contributed by atoms with Crippen LogP contribution in [-0.2, 0) is 14.8 Å². The number of ether oxygens (including phenoxy) is 1. The van der Waals surface area contributed by atoms with Gasteiger partial charge in [-0.15, -0.1) is 11.3 Å². The average molecular weight is 369 g/mol. The lowest BCUT2D eigenvalue weighted by Gasteiger charge is -2.14. The summed E-state index contributed by atoms with van der Waals surface area (Å²) in [5, 5.41) is 9.99. The van der Waals surface area contributed by atoms with Crippen molar-refractivity contribution in [3.63, 3.8) is 0 Å². The second kappa shape index (κ2) is 6.09. The number of hydrogen-bond acceptors (Lipinski definition) is 7. The summed E-state index contributed by atoms with van der Waals surface area (Å²) in [6.45, 7) is 0.579.